The molecule has 0 aromatic rings. The molecule has 0 aromatic heterocycles. The fourth-order valence-corrected chi connectivity index (χ4v) is 1.52. The van der Waals surface area contributed by atoms with Crippen LogP contribution in [0.4, 0.5) is 0 Å². The highest BCUT2D eigenvalue weighted by Gasteiger charge is 2.29. The Labute approximate surface area is 87.4 Å². The molecule has 0 aromatic carbocycles. The summed E-state index contributed by atoms with van der Waals surface area (Å²) >= 11 is 0. The molecule has 0 spiro atoms. The van der Waals surface area contributed by atoms with Crippen LogP contribution in [0.5, 0.6) is 0 Å². The van der Waals surface area contributed by atoms with Gasteiger partial charge in [0.1, 0.15) is 0 Å². The van der Waals surface area contributed by atoms with Crippen LogP contribution in [-0.2, 0) is 9.53 Å². The molecule has 84 valence electrons. The summed E-state index contributed by atoms with van der Waals surface area (Å²) in [4.78, 5) is 13.6. The van der Waals surface area contributed by atoms with E-state index in [0.717, 1.165) is 13.1 Å². The summed E-state index contributed by atoms with van der Waals surface area (Å²) < 4.78 is 4.75. The summed E-state index contributed by atoms with van der Waals surface area (Å²) in [5.41, 5.74) is -0.406. The molecule has 0 saturated carbocycles. The third-order valence-corrected chi connectivity index (χ3v) is 2.30. The Hall–Kier alpha value is -0.570. The van der Waals surface area contributed by atoms with Crippen molar-refractivity contribution in [3.63, 3.8) is 0 Å². The van der Waals surface area contributed by atoms with Crippen molar-refractivity contribution >= 4 is 5.97 Å². The minimum Gasteiger partial charge on any atom is -0.469 e. The van der Waals surface area contributed by atoms with Gasteiger partial charge in [-0.2, -0.15) is 0 Å². The summed E-state index contributed by atoms with van der Waals surface area (Å²) in [7, 11) is 3.48. The zero-order valence-electron chi connectivity index (χ0n) is 10.1. The molecule has 0 radical (unpaired) electrons. The van der Waals surface area contributed by atoms with E-state index in [-0.39, 0.29) is 5.97 Å². The molecule has 0 unspecified atom stereocenters. The Morgan fingerprint density at radius 1 is 1.43 bits per heavy atom. The van der Waals surface area contributed by atoms with Gasteiger partial charge in [-0.25, -0.2) is 0 Å². The lowest BCUT2D eigenvalue weighted by Crippen LogP contribution is -2.38. The molecule has 0 aliphatic heterocycles. The summed E-state index contributed by atoms with van der Waals surface area (Å²) in [5.74, 6) is -0.138. The first-order chi connectivity index (χ1) is 6.44. The Kier molecular flexibility index (Phi) is 5.77. The highest BCUT2D eigenvalue weighted by Crippen LogP contribution is 2.18. The summed E-state index contributed by atoms with van der Waals surface area (Å²) in [6, 6.07) is 0. The standard InChI is InChI=1S/C11H23NO2/c1-6-7-8-12(4)9-11(2,3)10(13)14-5/h6-9H2,1-5H3. The highest BCUT2D eigenvalue weighted by molar-refractivity contribution is 5.76. The maximum Gasteiger partial charge on any atom is 0.312 e. The molecular weight excluding hydrogens is 178 g/mol. The number of esters is 1. The van der Waals surface area contributed by atoms with Crippen LogP contribution in [0.3, 0.4) is 0 Å². The van der Waals surface area contributed by atoms with Crippen molar-refractivity contribution in [3.8, 4) is 0 Å². The van der Waals surface area contributed by atoms with E-state index >= 15 is 0 Å². The Morgan fingerprint density at radius 3 is 2.43 bits per heavy atom. The SMILES string of the molecule is CCCCN(C)CC(C)(C)C(=O)OC. The van der Waals surface area contributed by atoms with E-state index in [2.05, 4.69) is 11.8 Å². The van der Waals surface area contributed by atoms with Crippen molar-refractivity contribution < 1.29 is 9.53 Å². The average molecular weight is 201 g/mol. The second-order valence-corrected chi connectivity index (χ2v) is 4.47. The monoisotopic (exact) mass is 201 g/mol. The maximum atomic E-state index is 11.4. The van der Waals surface area contributed by atoms with E-state index in [1.54, 1.807) is 0 Å². The first-order valence-electron chi connectivity index (χ1n) is 5.21. The first kappa shape index (κ1) is 13.4. The van der Waals surface area contributed by atoms with Crippen LogP contribution in [0.25, 0.3) is 0 Å². The van der Waals surface area contributed by atoms with Gasteiger partial charge in [0.25, 0.3) is 0 Å². The number of ether oxygens (including phenoxy) is 1. The molecular formula is C11H23NO2. The van der Waals surface area contributed by atoms with Crippen molar-refractivity contribution in [1.82, 2.24) is 4.90 Å². The molecule has 0 amide bonds. The highest BCUT2D eigenvalue weighted by atomic mass is 16.5. The Bertz CT molecular complexity index is 178. The van der Waals surface area contributed by atoms with E-state index in [1.165, 1.54) is 20.0 Å². The van der Waals surface area contributed by atoms with Crippen LogP contribution < -0.4 is 0 Å². The molecule has 0 heterocycles. The van der Waals surface area contributed by atoms with Gasteiger partial charge in [-0.15, -0.1) is 0 Å². The quantitative estimate of drug-likeness (QED) is 0.615. The summed E-state index contributed by atoms with van der Waals surface area (Å²) in [5, 5.41) is 0. The van der Waals surface area contributed by atoms with Gasteiger partial charge in [-0.1, -0.05) is 13.3 Å². The number of hydrogen-bond donors (Lipinski definition) is 0. The smallest absolute Gasteiger partial charge is 0.312 e. The fourth-order valence-electron chi connectivity index (χ4n) is 1.52. The van der Waals surface area contributed by atoms with Crippen LogP contribution in [0, 0.1) is 5.41 Å². The zero-order chi connectivity index (χ0) is 11.2. The molecule has 0 fully saturated rings. The zero-order valence-corrected chi connectivity index (χ0v) is 10.1. The van der Waals surface area contributed by atoms with E-state index < -0.39 is 5.41 Å². The Balaban J connectivity index is 4.01. The summed E-state index contributed by atoms with van der Waals surface area (Å²) in [6.07, 6.45) is 2.36. The predicted molar refractivity (Wildman–Crippen MR) is 58.2 cm³/mol. The first-order valence-corrected chi connectivity index (χ1v) is 5.21. The van der Waals surface area contributed by atoms with Crippen LogP contribution >= 0.6 is 0 Å². The second kappa shape index (κ2) is 6.02. The van der Waals surface area contributed by atoms with E-state index in [0.29, 0.717) is 0 Å². The minimum absolute atomic E-state index is 0.138. The average Bonchev–Trinajstić information content (AvgIpc) is 2.12. The number of unbranched alkanes of at least 4 members (excludes halogenated alkanes) is 1. The van der Waals surface area contributed by atoms with Crippen LogP contribution in [-0.4, -0.2) is 38.1 Å². The minimum atomic E-state index is -0.406. The molecule has 0 saturated heterocycles. The van der Waals surface area contributed by atoms with Crippen molar-refractivity contribution in [3.05, 3.63) is 0 Å². The number of carbonyl (C=O) groups excluding carboxylic acids is 1. The third-order valence-electron chi connectivity index (χ3n) is 2.30. The van der Waals surface area contributed by atoms with E-state index in [9.17, 15) is 4.79 Å². The third kappa shape index (κ3) is 4.61. The molecule has 0 rings (SSSR count). The van der Waals surface area contributed by atoms with Gasteiger partial charge < -0.3 is 9.64 Å². The van der Waals surface area contributed by atoms with Crippen LogP contribution in [0.2, 0.25) is 0 Å². The second-order valence-electron chi connectivity index (χ2n) is 4.47. The van der Waals surface area contributed by atoms with Crippen molar-refractivity contribution in [2.45, 2.75) is 33.6 Å². The number of carbonyl (C=O) groups is 1. The summed E-state index contributed by atoms with van der Waals surface area (Å²) in [6.45, 7) is 7.79. The lowest BCUT2D eigenvalue weighted by molar-refractivity contribution is -0.151. The lowest BCUT2D eigenvalue weighted by atomic mass is 9.93. The van der Waals surface area contributed by atoms with Gasteiger partial charge in [-0.05, 0) is 33.9 Å². The molecule has 0 bridgehead atoms. The predicted octanol–water partition coefficient (Wildman–Crippen LogP) is 1.92. The van der Waals surface area contributed by atoms with Crippen molar-refractivity contribution in [2.24, 2.45) is 5.41 Å². The lowest BCUT2D eigenvalue weighted by Gasteiger charge is -2.27. The molecule has 0 atom stereocenters. The van der Waals surface area contributed by atoms with Crippen molar-refractivity contribution in [1.29, 1.82) is 0 Å². The molecule has 3 heteroatoms. The van der Waals surface area contributed by atoms with Gasteiger partial charge >= 0.3 is 5.97 Å². The molecule has 0 aliphatic carbocycles. The molecule has 0 N–H and O–H groups in total. The normalized spacial score (nSPS) is 11.9. The number of rotatable bonds is 6. The van der Waals surface area contributed by atoms with Crippen LogP contribution in [0.15, 0.2) is 0 Å². The number of nitrogens with zero attached hydrogens (tertiary/aromatic N) is 1. The fraction of sp³-hybridized carbons (Fsp3) is 0.909. The number of hydrogen-bond acceptors (Lipinski definition) is 3. The molecule has 0 aliphatic rings. The van der Waals surface area contributed by atoms with Gasteiger partial charge in [0.05, 0.1) is 12.5 Å². The van der Waals surface area contributed by atoms with E-state index in [1.807, 2.05) is 20.9 Å². The molecule has 14 heavy (non-hydrogen) atoms. The van der Waals surface area contributed by atoms with Crippen molar-refractivity contribution in [2.75, 3.05) is 27.2 Å². The topological polar surface area (TPSA) is 29.5 Å². The van der Waals surface area contributed by atoms with Crippen LogP contribution in [0.1, 0.15) is 33.6 Å². The largest absolute Gasteiger partial charge is 0.469 e. The van der Waals surface area contributed by atoms with E-state index in [4.69, 9.17) is 4.74 Å². The maximum absolute atomic E-state index is 11.4. The van der Waals surface area contributed by atoms with Gasteiger partial charge in [0, 0.05) is 6.54 Å². The van der Waals surface area contributed by atoms with Gasteiger partial charge in [0.2, 0.25) is 0 Å². The van der Waals surface area contributed by atoms with Gasteiger partial charge in [-0.3, -0.25) is 4.79 Å². The van der Waals surface area contributed by atoms with Gasteiger partial charge in [0.15, 0.2) is 0 Å². The Morgan fingerprint density at radius 2 is 2.00 bits per heavy atom. The molecule has 3 nitrogen and oxygen atoms in total. The number of methoxy groups -OCH3 is 1.